The van der Waals surface area contributed by atoms with Crippen molar-refractivity contribution < 1.29 is 9.47 Å². The van der Waals surface area contributed by atoms with Crippen molar-refractivity contribution in [2.24, 2.45) is 5.92 Å². The highest BCUT2D eigenvalue weighted by Gasteiger charge is 2.03. The summed E-state index contributed by atoms with van der Waals surface area (Å²) in [6.45, 7) is 8.77. The van der Waals surface area contributed by atoms with Gasteiger partial charge in [-0.15, -0.1) is 0 Å². The van der Waals surface area contributed by atoms with Crippen LogP contribution in [0.2, 0.25) is 0 Å². The molecule has 0 fully saturated rings. The summed E-state index contributed by atoms with van der Waals surface area (Å²) in [4.78, 5) is 8.46. The molecule has 0 saturated heterocycles. The maximum atomic E-state index is 5.43. The van der Waals surface area contributed by atoms with Crippen molar-refractivity contribution in [3.8, 4) is 6.01 Å². The Bertz CT molecular complexity index is 356. The molecule has 1 aromatic heterocycles. The summed E-state index contributed by atoms with van der Waals surface area (Å²) in [6.07, 6.45) is 1.79. The molecule has 1 heterocycles. The molecule has 102 valence electrons. The number of aryl methyl sites for hydroxylation is 1. The van der Waals surface area contributed by atoms with Crippen molar-refractivity contribution in [2.75, 3.05) is 26.9 Å². The predicted octanol–water partition coefficient (Wildman–Crippen LogP) is 1.56. The van der Waals surface area contributed by atoms with Crippen LogP contribution in [0.25, 0.3) is 0 Å². The van der Waals surface area contributed by atoms with Crippen LogP contribution in [-0.2, 0) is 11.3 Å². The van der Waals surface area contributed by atoms with Gasteiger partial charge >= 0.3 is 6.01 Å². The standard InChI is InChI=1S/C13H23N3O2/c1-10(2)9-17-5-6-18-13-15-8-12(7-14-4)11(3)16-13/h8,10,14H,5-7,9H2,1-4H3. The first-order valence-corrected chi connectivity index (χ1v) is 6.31. The van der Waals surface area contributed by atoms with Crippen molar-refractivity contribution in [3.63, 3.8) is 0 Å². The van der Waals surface area contributed by atoms with Gasteiger partial charge in [0.2, 0.25) is 0 Å². The largest absolute Gasteiger partial charge is 0.461 e. The first kappa shape index (κ1) is 14.9. The second-order valence-corrected chi connectivity index (χ2v) is 4.61. The van der Waals surface area contributed by atoms with E-state index in [1.807, 2.05) is 14.0 Å². The molecule has 0 aliphatic heterocycles. The molecule has 0 aliphatic carbocycles. The maximum Gasteiger partial charge on any atom is 0.316 e. The van der Waals surface area contributed by atoms with Gasteiger partial charge in [0.25, 0.3) is 0 Å². The molecule has 18 heavy (non-hydrogen) atoms. The van der Waals surface area contributed by atoms with Crippen LogP contribution in [0.1, 0.15) is 25.1 Å². The van der Waals surface area contributed by atoms with E-state index in [4.69, 9.17) is 9.47 Å². The molecule has 0 unspecified atom stereocenters. The molecule has 1 N–H and O–H groups in total. The summed E-state index contributed by atoms with van der Waals surface area (Å²) in [7, 11) is 1.90. The molecule has 0 aliphatic rings. The second kappa shape index (κ2) is 8.00. The Balaban J connectivity index is 2.32. The fourth-order valence-electron chi connectivity index (χ4n) is 1.42. The Morgan fingerprint density at radius 1 is 1.33 bits per heavy atom. The van der Waals surface area contributed by atoms with Gasteiger partial charge in [-0.05, 0) is 19.9 Å². The van der Waals surface area contributed by atoms with Gasteiger partial charge in [-0.2, -0.15) is 0 Å². The lowest BCUT2D eigenvalue weighted by Gasteiger charge is -2.09. The lowest BCUT2D eigenvalue weighted by molar-refractivity contribution is 0.0791. The van der Waals surface area contributed by atoms with Crippen LogP contribution < -0.4 is 10.1 Å². The number of rotatable bonds is 8. The van der Waals surface area contributed by atoms with Crippen LogP contribution in [0.5, 0.6) is 6.01 Å². The average Bonchev–Trinajstić information content (AvgIpc) is 2.32. The summed E-state index contributed by atoms with van der Waals surface area (Å²) in [5.74, 6) is 0.546. The van der Waals surface area contributed by atoms with Crippen molar-refractivity contribution in [1.29, 1.82) is 0 Å². The number of ether oxygens (including phenoxy) is 2. The van der Waals surface area contributed by atoms with Gasteiger partial charge in [-0.25, -0.2) is 9.97 Å². The number of nitrogens with one attached hydrogen (secondary N) is 1. The third-order valence-electron chi connectivity index (χ3n) is 2.34. The van der Waals surface area contributed by atoms with Crippen molar-refractivity contribution in [1.82, 2.24) is 15.3 Å². The molecule has 5 nitrogen and oxygen atoms in total. The number of aromatic nitrogens is 2. The van der Waals surface area contributed by atoms with Crippen LogP contribution in [0.15, 0.2) is 6.20 Å². The van der Waals surface area contributed by atoms with E-state index in [2.05, 4.69) is 29.1 Å². The van der Waals surface area contributed by atoms with Gasteiger partial charge in [-0.3, -0.25) is 0 Å². The Hall–Kier alpha value is -1.20. The van der Waals surface area contributed by atoms with Gasteiger partial charge in [0.1, 0.15) is 6.61 Å². The summed E-state index contributed by atoms with van der Waals surface area (Å²) in [5.41, 5.74) is 2.03. The minimum atomic E-state index is 0.417. The Labute approximate surface area is 109 Å². The molecular weight excluding hydrogens is 230 g/mol. The molecule has 0 spiro atoms. The second-order valence-electron chi connectivity index (χ2n) is 4.61. The molecule has 0 amide bonds. The van der Waals surface area contributed by atoms with E-state index >= 15 is 0 Å². The molecule has 1 rings (SSSR count). The van der Waals surface area contributed by atoms with Gasteiger partial charge in [-0.1, -0.05) is 13.8 Å². The molecule has 5 heteroatoms. The average molecular weight is 253 g/mol. The van der Waals surface area contributed by atoms with Crippen LogP contribution in [0, 0.1) is 12.8 Å². The van der Waals surface area contributed by atoms with Gasteiger partial charge in [0.15, 0.2) is 0 Å². The van der Waals surface area contributed by atoms with Crippen molar-refractivity contribution in [2.45, 2.75) is 27.3 Å². The smallest absolute Gasteiger partial charge is 0.316 e. The van der Waals surface area contributed by atoms with E-state index in [0.29, 0.717) is 25.1 Å². The van der Waals surface area contributed by atoms with E-state index in [1.54, 1.807) is 6.20 Å². The number of hydrogen-bond acceptors (Lipinski definition) is 5. The fraction of sp³-hybridized carbons (Fsp3) is 0.692. The fourth-order valence-corrected chi connectivity index (χ4v) is 1.42. The van der Waals surface area contributed by atoms with Crippen molar-refractivity contribution in [3.05, 3.63) is 17.5 Å². The van der Waals surface area contributed by atoms with Crippen LogP contribution in [0.3, 0.4) is 0 Å². The number of hydrogen-bond donors (Lipinski definition) is 1. The summed E-state index contributed by atoms with van der Waals surface area (Å²) in [6, 6.07) is 0.417. The maximum absolute atomic E-state index is 5.43. The van der Waals surface area contributed by atoms with Crippen molar-refractivity contribution >= 4 is 0 Å². The summed E-state index contributed by atoms with van der Waals surface area (Å²) < 4.78 is 10.9. The highest BCUT2D eigenvalue weighted by atomic mass is 16.5. The van der Waals surface area contributed by atoms with E-state index in [9.17, 15) is 0 Å². The highest BCUT2D eigenvalue weighted by molar-refractivity contribution is 5.17. The van der Waals surface area contributed by atoms with Crippen LogP contribution in [-0.4, -0.2) is 36.8 Å². The monoisotopic (exact) mass is 253 g/mol. The highest BCUT2D eigenvalue weighted by Crippen LogP contribution is 2.08. The first-order chi connectivity index (χ1) is 8.63. The molecule has 0 aromatic carbocycles. The lowest BCUT2D eigenvalue weighted by Crippen LogP contribution is -2.13. The van der Waals surface area contributed by atoms with Gasteiger partial charge in [0, 0.05) is 30.6 Å². The minimum absolute atomic E-state index is 0.417. The zero-order chi connectivity index (χ0) is 13.4. The van der Waals surface area contributed by atoms with E-state index in [0.717, 1.165) is 24.4 Å². The van der Waals surface area contributed by atoms with Gasteiger partial charge in [0.05, 0.1) is 6.61 Å². The quantitative estimate of drug-likeness (QED) is 0.712. The molecule has 0 radical (unpaired) electrons. The molecular formula is C13H23N3O2. The molecule has 0 saturated carbocycles. The molecule has 0 atom stereocenters. The lowest BCUT2D eigenvalue weighted by atomic mass is 10.2. The zero-order valence-electron chi connectivity index (χ0n) is 11.7. The summed E-state index contributed by atoms with van der Waals surface area (Å²) >= 11 is 0. The first-order valence-electron chi connectivity index (χ1n) is 6.31. The third kappa shape index (κ3) is 5.42. The SMILES string of the molecule is CNCc1cnc(OCCOCC(C)C)nc1C. The topological polar surface area (TPSA) is 56.3 Å². The van der Waals surface area contributed by atoms with Crippen LogP contribution in [0.4, 0.5) is 0 Å². The predicted molar refractivity (Wildman–Crippen MR) is 70.7 cm³/mol. The minimum Gasteiger partial charge on any atom is -0.461 e. The molecule has 1 aromatic rings. The zero-order valence-corrected chi connectivity index (χ0v) is 11.7. The van der Waals surface area contributed by atoms with E-state index in [-0.39, 0.29) is 0 Å². The normalized spacial score (nSPS) is 10.9. The Morgan fingerprint density at radius 2 is 2.11 bits per heavy atom. The van der Waals surface area contributed by atoms with Crippen LogP contribution >= 0.6 is 0 Å². The van der Waals surface area contributed by atoms with E-state index < -0.39 is 0 Å². The third-order valence-corrected chi connectivity index (χ3v) is 2.34. The van der Waals surface area contributed by atoms with Gasteiger partial charge < -0.3 is 14.8 Å². The Kier molecular flexibility index (Phi) is 6.60. The Morgan fingerprint density at radius 3 is 2.72 bits per heavy atom. The number of nitrogens with zero attached hydrogens (tertiary/aromatic N) is 2. The molecule has 0 bridgehead atoms. The summed E-state index contributed by atoms with van der Waals surface area (Å²) in [5, 5.41) is 3.07. The van der Waals surface area contributed by atoms with E-state index in [1.165, 1.54) is 0 Å².